The molecule has 0 N–H and O–H groups in total. The van der Waals surface area contributed by atoms with Crippen molar-refractivity contribution < 1.29 is 0 Å². The Morgan fingerprint density at radius 1 is 0.467 bits per heavy atom. The van der Waals surface area contributed by atoms with Gasteiger partial charge < -0.3 is 0 Å². The molecule has 6 fully saturated rings. The van der Waals surface area contributed by atoms with Crippen LogP contribution in [0.3, 0.4) is 0 Å². The summed E-state index contributed by atoms with van der Waals surface area (Å²) in [6.07, 6.45) is 20.7. The average Bonchev–Trinajstić information content (AvgIpc) is 3.39. The van der Waals surface area contributed by atoms with Gasteiger partial charge in [0, 0.05) is 0 Å². The second-order valence-corrected chi connectivity index (χ2v) is 19.2. The zero-order chi connectivity index (χ0) is 20.6. The SMILES string of the molecule is CC1CC2CC3CCCC3CC2C1[Si](C)(C)C1C(C)CC2C3CCCCC3CCC21. The van der Waals surface area contributed by atoms with Gasteiger partial charge >= 0.3 is 0 Å². The molecule has 170 valence electrons. The third kappa shape index (κ3) is 3.09. The van der Waals surface area contributed by atoms with Crippen LogP contribution in [0.5, 0.6) is 0 Å². The van der Waals surface area contributed by atoms with Crippen LogP contribution in [-0.4, -0.2) is 8.07 Å². The molecule has 6 rings (SSSR count). The summed E-state index contributed by atoms with van der Waals surface area (Å²) in [5.74, 6) is 11.1. The molecule has 0 aromatic rings. The molecular weight excluding hydrogens is 376 g/mol. The van der Waals surface area contributed by atoms with E-state index >= 15 is 0 Å². The van der Waals surface area contributed by atoms with Crippen molar-refractivity contribution in [3.63, 3.8) is 0 Å². The first-order valence-corrected chi connectivity index (χ1v) is 17.6. The van der Waals surface area contributed by atoms with Gasteiger partial charge in [-0.1, -0.05) is 65.5 Å². The van der Waals surface area contributed by atoms with Crippen LogP contribution in [0.25, 0.3) is 0 Å². The molecule has 30 heavy (non-hydrogen) atoms. The van der Waals surface area contributed by atoms with E-state index in [2.05, 4.69) is 26.9 Å². The van der Waals surface area contributed by atoms with Gasteiger partial charge in [-0.2, -0.15) is 0 Å². The summed E-state index contributed by atoms with van der Waals surface area (Å²) in [5.41, 5.74) is 2.30. The normalized spacial score (nSPS) is 55.6. The maximum atomic E-state index is 2.92. The monoisotopic (exact) mass is 426 g/mol. The van der Waals surface area contributed by atoms with Gasteiger partial charge in [0.2, 0.25) is 0 Å². The molecule has 0 amide bonds. The number of hydrogen-bond donors (Lipinski definition) is 0. The van der Waals surface area contributed by atoms with Crippen LogP contribution < -0.4 is 0 Å². The van der Waals surface area contributed by atoms with Gasteiger partial charge in [-0.3, -0.25) is 0 Å². The van der Waals surface area contributed by atoms with Crippen LogP contribution in [0, 0.1) is 59.2 Å². The molecule has 12 unspecified atom stereocenters. The van der Waals surface area contributed by atoms with Crippen molar-refractivity contribution in [3.05, 3.63) is 0 Å². The summed E-state index contributed by atoms with van der Waals surface area (Å²) < 4.78 is 0. The van der Waals surface area contributed by atoms with E-state index in [-0.39, 0.29) is 0 Å². The third-order valence-corrected chi connectivity index (χ3v) is 18.2. The first-order valence-electron chi connectivity index (χ1n) is 14.4. The van der Waals surface area contributed by atoms with Crippen LogP contribution in [-0.2, 0) is 0 Å². The Morgan fingerprint density at radius 3 is 1.97 bits per heavy atom. The van der Waals surface area contributed by atoms with Crippen LogP contribution in [0.4, 0.5) is 0 Å². The minimum atomic E-state index is -1.28. The van der Waals surface area contributed by atoms with Crippen molar-refractivity contribution in [2.45, 2.75) is 121 Å². The fraction of sp³-hybridized carbons (Fsp3) is 1.00. The van der Waals surface area contributed by atoms with Crippen LogP contribution in [0.2, 0.25) is 24.2 Å². The molecule has 0 bridgehead atoms. The Morgan fingerprint density at radius 2 is 1.13 bits per heavy atom. The lowest BCUT2D eigenvalue weighted by Crippen LogP contribution is -2.48. The fourth-order valence-corrected chi connectivity index (χ4v) is 19.0. The van der Waals surface area contributed by atoms with Gasteiger partial charge in [0.1, 0.15) is 0 Å². The second kappa shape index (κ2) is 7.63. The summed E-state index contributed by atoms with van der Waals surface area (Å²) in [4.78, 5) is 0. The maximum Gasteiger partial charge on any atom is 0.0546 e. The van der Waals surface area contributed by atoms with E-state index in [1.54, 1.807) is 83.5 Å². The predicted molar refractivity (Wildman–Crippen MR) is 131 cm³/mol. The maximum absolute atomic E-state index is 2.92. The van der Waals surface area contributed by atoms with E-state index in [0.717, 1.165) is 70.3 Å². The van der Waals surface area contributed by atoms with Gasteiger partial charge in [0.05, 0.1) is 8.07 Å². The smallest absolute Gasteiger partial charge is 0.0546 e. The van der Waals surface area contributed by atoms with Crippen LogP contribution in [0.1, 0.15) is 97.3 Å². The highest BCUT2D eigenvalue weighted by Crippen LogP contribution is 2.67. The minimum Gasteiger partial charge on any atom is -0.0689 e. The Balaban J connectivity index is 1.26. The van der Waals surface area contributed by atoms with Gasteiger partial charge in [0.25, 0.3) is 0 Å². The van der Waals surface area contributed by atoms with E-state index < -0.39 is 8.07 Å². The lowest BCUT2D eigenvalue weighted by atomic mass is 9.62. The van der Waals surface area contributed by atoms with E-state index in [1.165, 1.54) is 0 Å². The van der Waals surface area contributed by atoms with Crippen molar-refractivity contribution in [2.75, 3.05) is 0 Å². The molecule has 0 nitrogen and oxygen atoms in total. The lowest BCUT2D eigenvalue weighted by molar-refractivity contribution is 0.0717. The molecule has 1 heteroatoms. The molecule has 0 aromatic carbocycles. The fourth-order valence-electron chi connectivity index (χ4n) is 12.3. The predicted octanol–water partition coefficient (Wildman–Crippen LogP) is 8.79. The molecule has 6 aliphatic rings. The van der Waals surface area contributed by atoms with Crippen molar-refractivity contribution >= 4 is 8.07 Å². The summed E-state index contributed by atoms with van der Waals surface area (Å²) >= 11 is 0. The third-order valence-electron chi connectivity index (χ3n) is 12.7. The molecule has 0 saturated heterocycles. The van der Waals surface area contributed by atoms with Gasteiger partial charge in [-0.05, 0) is 115 Å². The summed E-state index contributed by atoms with van der Waals surface area (Å²) in [6.45, 7) is 11.3. The van der Waals surface area contributed by atoms with Crippen molar-refractivity contribution in [1.82, 2.24) is 0 Å². The molecule has 0 heterocycles. The molecule has 12 atom stereocenters. The van der Waals surface area contributed by atoms with Gasteiger partial charge in [-0.25, -0.2) is 0 Å². The first-order chi connectivity index (χ1) is 14.4. The summed E-state index contributed by atoms with van der Waals surface area (Å²) in [5, 5.41) is 0. The topological polar surface area (TPSA) is 0 Å². The van der Waals surface area contributed by atoms with Gasteiger partial charge in [0.15, 0.2) is 0 Å². The molecule has 0 aromatic heterocycles. The van der Waals surface area contributed by atoms with Crippen molar-refractivity contribution in [3.8, 4) is 0 Å². The van der Waals surface area contributed by atoms with E-state index in [9.17, 15) is 0 Å². The summed E-state index contributed by atoms with van der Waals surface area (Å²) in [7, 11) is -1.28. The molecular formula is C29H50Si. The number of rotatable bonds is 2. The van der Waals surface area contributed by atoms with Crippen LogP contribution in [0.15, 0.2) is 0 Å². The summed E-state index contributed by atoms with van der Waals surface area (Å²) in [6, 6.07) is 0. The average molecular weight is 427 g/mol. The minimum absolute atomic E-state index is 1.04. The molecule has 6 aliphatic carbocycles. The zero-order valence-electron chi connectivity index (χ0n) is 20.6. The Hall–Kier alpha value is 0.217. The molecule has 0 radical (unpaired) electrons. The van der Waals surface area contributed by atoms with Crippen molar-refractivity contribution in [2.24, 2.45) is 59.2 Å². The Kier molecular flexibility index (Phi) is 5.29. The van der Waals surface area contributed by atoms with Crippen molar-refractivity contribution in [1.29, 1.82) is 0 Å². The Bertz CT molecular complexity index is 638. The zero-order valence-corrected chi connectivity index (χ0v) is 21.6. The van der Waals surface area contributed by atoms with E-state index in [0.29, 0.717) is 0 Å². The molecule has 6 saturated carbocycles. The number of hydrogen-bond acceptors (Lipinski definition) is 0. The van der Waals surface area contributed by atoms with Crippen LogP contribution >= 0.6 is 0 Å². The highest BCUT2D eigenvalue weighted by Gasteiger charge is 2.60. The Labute approximate surface area is 188 Å². The lowest BCUT2D eigenvalue weighted by Gasteiger charge is -2.50. The first kappa shape index (κ1) is 20.8. The highest BCUT2D eigenvalue weighted by atomic mass is 28.3. The quantitative estimate of drug-likeness (QED) is 0.387. The largest absolute Gasteiger partial charge is 0.0689 e. The molecule has 0 aliphatic heterocycles. The van der Waals surface area contributed by atoms with E-state index in [4.69, 9.17) is 0 Å². The second-order valence-electron chi connectivity index (χ2n) is 14.3. The standard InChI is InChI=1S/C29H50Si/c1-18-14-23-16-21-9-7-10-22(21)17-26(23)29(18)30(3,4)28-19(2)15-27-24-11-6-5-8-20(24)12-13-25(27)28/h18-29H,5-17H2,1-4H3. The highest BCUT2D eigenvalue weighted by molar-refractivity contribution is 6.80. The van der Waals surface area contributed by atoms with E-state index in [1.807, 2.05) is 0 Å². The number of fused-ring (bicyclic) bond motifs is 5. The van der Waals surface area contributed by atoms with Gasteiger partial charge in [-0.15, -0.1) is 0 Å². The molecule has 0 spiro atoms.